The van der Waals surface area contributed by atoms with Gasteiger partial charge in [0.2, 0.25) is 11.9 Å². The standard InChI is InChI=1S/C19H29N5O3/c1-22(2)18-20-13-15-3-10-27-19(17(15)21-18)4-6-23(7-5-19)14-16(25)24-8-11-26-12-9-24/h13H,3-12,14H2,1-2H3. The molecule has 0 radical (unpaired) electrons. The number of carbonyl (C=O) groups is 1. The van der Waals surface area contributed by atoms with Crippen LogP contribution in [0.15, 0.2) is 6.20 Å². The molecule has 8 heteroatoms. The number of hydrogen-bond acceptors (Lipinski definition) is 7. The summed E-state index contributed by atoms with van der Waals surface area (Å²) in [6.45, 7) is 5.59. The molecule has 3 aliphatic rings. The van der Waals surface area contributed by atoms with Crippen LogP contribution in [-0.2, 0) is 26.3 Å². The molecule has 27 heavy (non-hydrogen) atoms. The summed E-state index contributed by atoms with van der Waals surface area (Å²) < 4.78 is 11.6. The number of amides is 1. The quantitative estimate of drug-likeness (QED) is 0.751. The number of aromatic nitrogens is 2. The van der Waals surface area contributed by atoms with Crippen molar-refractivity contribution in [1.82, 2.24) is 19.8 Å². The topological polar surface area (TPSA) is 71.0 Å². The molecule has 2 saturated heterocycles. The van der Waals surface area contributed by atoms with E-state index >= 15 is 0 Å². The zero-order valence-corrected chi connectivity index (χ0v) is 16.3. The highest BCUT2D eigenvalue weighted by Gasteiger charge is 2.43. The molecule has 0 aliphatic carbocycles. The average molecular weight is 375 g/mol. The minimum absolute atomic E-state index is 0.205. The van der Waals surface area contributed by atoms with Crippen LogP contribution in [0.4, 0.5) is 5.95 Å². The molecule has 0 saturated carbocycles. The van der Waals surface area contributed by atoms with Gasteiger partial charge in [0.05, 0.1) is 32.1 Å². The summed E-state index contributed by atoms with van der Waals surface area (Å²) in [4.78, 5) is 27.9. The van der Waals surface area contributed by atoms with Crippen molar-refractivity contribution in [3.63, 3.8) is 0 Å². The van der Waals surface area contributed by atoms with E-state index in [4.69, 9.17) is 14.5 Å². The van der Waals surface area contributed by atoms with E-state index in [0.717, 1.165) is 44.0 Å². The van der Waals surface area contributed by atoms with Gasteiger partial charge in [0.1, 0.15) is 5.60 Å². The maximum atomic E-state index is 12.5. The summed E-state index contributed by atoms with van der Waals surface area (Å²) in [6.07, 6.45) is 4.54. The fourth-order valence-electron chi connectivity index (χ4n) is 4.17. The normalized spacial score (nSPS) is 22.5. The van der Waals surface area contributed by atoms with Gasteiger partial charge in [-0.05, 0) is 24.8 Å². The molecule has 0 atom stereocenters. The third-order valence-corrected chi connectivity index (χ3v) is 5.82. The van der Waals surface area contributed by atoms with Gasteiger partial charge in [0, 0.05) is 46.5 Å². The van der Waals surface area contributed by atoms with Gasteiger partial charge < -0.3 is 19.3 Å². The first-order valence-corrected chi connectivity index (χ1v) is 9.83. The van der Waals surface area contributed by atoms with Gasteiger partial charge in [0.15, 0.2) is 0 Å². The number of anilines is 1. The molecule has 0 bridgehead atoms. The Morgan fingerprint density at radius 2 is 1.93 bits per heavy atom. The molecule has 4 heterocycles. The number of morpholine rings is 1. The second-order valence-corrected chi connectivity index (χ2v) is 7.80. The molecule has 3 aliphatic heterocycles. The molecule has 1 aromatic rings. The van der Waals surface area contributed by atoms with Crippen LogP contribution in [0.2, 0.25) is 0 Å². The van der Waals surface area contributed by atoms with Crippen molar-refractivity contribution in [2.45, 2.75) is 24.9 Å². The van der Waals surface area contributed by atoms with Crippen LogP contribution in [0.3, 0.4) is 0 Å². The average Bonchev–Trinajstić information content (AvgIpc) is 2.70. The Morgan fingerprint density at radius 3 is 2.63 bits per heavy atom. The molecule has 0 aromatic carbocycles. The molecule has 0 unspecified atom stereocenters. The van der Waals surface area contributed by atoms with Crippen molar-refractivity contribution in [1.29, 1.82) is 0 Å². The largest absolute Gasteiger partial charge is 0.378 e. The zero-order chi connectivity index (χ0) is 18.9. The van der Waals surface area contributed by atoms with Crippen LogP contribution in [0, 0.1) is 0 Å². The highest BCUT2D eigenvalue weighted by molar-refractivity contribution is 5.78. The lowest BCUT2D eigenvalue weighted by atomic mass is 9.83. The Hall–Kier alpha value is -1.77. The smallest absolute Gasteiger partial charge is 0.236 e. The van der Waals surface area contributed by atoms with E-state index in [-0.39, 0.29) is 11.5 Å². The molecule has 1 spiro atoms. The van der Waals surface area contributed by atoms with Crippen LogP contribution < -0.4 is 4.90 Å². The molecule has 0 N–H and O–H groups in total. The van der Waals surface area contributed by atoms with Crippen molar-refractivity contribution in [3.05, 3.63) is 17.5 Å². The summed E-state index contributed by atoms with van der Waals surface area (Å²) >= 11 is 0. The first kappa shape index (κ1) is 18.6. The lowest BCUT2D eigenvalue weighted by molar-refractivity contribution is -0.139. The van der Waals surface area contributed by atoms with Crippen LogP contribution in [0.1, 0.15) is 24.1 Å². The van der Waals surface area contributed by atoms with Gasteiger partial charge >= 0.3 is 0 Å². The van der Waals surface area contributed by atoms with Crippen LogP contribution >= 0.6 is 0 Å². The summed E-state index contributed by atoms with van der Waals surface area (Å²) in [5, 5.41) is 0. The van der Waals surface area contributed by atoms with Crippen LogP contribution in [-0.4, -0.2) is 92.3 Å². The summed E-state index contributed by atoms with van der Waals surface area (Å²) in [7, 11) is 3.91. The Labute approximate surface area is 160 Å². The maximum absolute atomic E-state index is 12.5. The van der Waals surface area contributed by atoms with Crippen LogP contribution in [0.25, 0.3) is 0 Å². The van der Waals surface area contributed by atoms with Gasteiger partial charge in [-0.3, -0.25) is 9.69 Å². The third kappa shape index (κ3) is 3.79. The molecular formula is C19H29N5O3. The van der Waals surface area contributed by atoms with Gasteiger partial charge in [0.25, 0.3) is 0 Å². The van der Waals surface area contributed by atoms with Gasteiger partial charge in [-0.2, -0.15) is 0 Å². The number of carbonyl (C=O) groups excluding carboxylic acids is 1. The molecule has 1 amide bonds. The highest BCUT2D eigenvalue weighted by Crippen LogP contribution is 2.40. The fourth-order valence-corrected chi connectivity index (χ4v) is 4.17. The minimum atomic E-state index is -0.334. The number of nitrogens with zero attached hydrogens (tertiary/aromatic N) is 5. The number of likely N-dealkylation sites (tertiary alicyclic amines) is 1. The van der Waals surface area contributed by atoms with E-state index in [1.807, 2.05) is 30.1 Å². The fraction of sp³-hybridized carbons (Fsp3) is 0.737. The van der Waals surface area contributed by atoms with Crippen molar-refractivity contribution in [3.8, 4) is 0 Å². The lowest BCUT2D eigenvalue weighted by Gasteiger charge is -2.44. The number of fused-ring (bicyclic) bond motifs is 2. The Balaban J connectivity index is 1.43. The molecule has 4 rings (SSSR count). The highest BCUT2D eigenvalue weighted by atomic mass is 16.5. The Morgan fingerprint density at radius 1 is 1.19 bits per heavy atom. The van der Waals surface area contributed by atoms with Crippen molar-refractivity contribution >= 4 is 11.9 Å². The third-order valence-electron chi connectivity index (χ3n) is 5.82. The second kappa shape index (κ2) is 7.69. The molecule has 2 fully saturated rings. The zero-order valence-electron chi connectivity index (χ0n) is 16.3. The first-order chi connectivity index (χ1) is 13.1. The van der Waals surface area contributed by atoms with E-state index in [2.05, 4.69) is 9.88 Å². The van der Waals surface area contributed by atoms with E-state index in [0.29, 0.717) is 39.5 Å². The summed E-state index contributed by atoms with van der Waals surface area (Å²) in [6, 6.07) is 0. The van der Waals surface area contributed by atoms with Gasteiger partial charge in [-0.15, -0.1) is 0 Å². The summed E-state index contributed by atoms with van der Waals surface area (Å²) in [5.41, 5.74) is 1.91. The van der Waals surface area contributed by atoms with E-state index < -0.39 is 0 Å². The minimum Gasteiger partial charge on any atom is -0.378 e. The van der Waals surface area contributed by atoms with Crippen LogP contribution in [0.5, 0.6) is 0 Å². The predicted molar refractivity (Wildman–Crippen MR) is 101 cm³/mol. The second-order valence-electron chi connectivity index (χ2n) is 7.80. The maximum Gasteiger partial charge on any atom is 0.236 e. The molecular weight excluding hydrogens is 346 g/mol. The molecule has 8 nitrogen and oxygen atoms in total. The molecule has 148 valence electrons. The van der Waals surface area contributed by atoms with Crippen molar-refractivity contribution < 1.29 is 14.3 Å². The van der Waals surface area contributed by atoms with E-state index in [1.54, 1.807) is 0 Å². The number of ether oxygens (including phenoxy) is 2. The Bertz CT molecular complexity index is 682. The molecule has 1 aromatic heterocycles. The van der Waals surface area contributed by atoms with Crippen molar-refractivity contribution in [2.75, 3.05) is 71.5 Å². The van der Waals surface area contributed by atoms with Gasteiger partial charge in [-0.25, -0.2) is 9.97 Å². The predicted octanol–water partition coefficient (Wildman–Crippen LogP) is 0.265. The van der Waals surface area contributed by atoms with Crippen molar-refractivity contribution in [2.24, 2.45) is 0 Å². The van der Waals surface area contributed by atoms with E-state index in [9.17, 15) is 4.79 Å². The van der Waals surface area contributed by atoms with E-state index in [1.165, 1.54) is 5.56 Å². The monoisotopic (exact) mass is 375 g/mol. The van der Waals surface area contributed by atoms with Gasteiger partial charge in [-0.1, -0.05) is 0 Å². The Kier molecular flexibility index (Phi) is 5.29. The SMILES string of the molecule is CN(C)c1ncc2c(n1)C1(CCN(CC(=O)N3CCOCC3)CC1)OCC2. The first-order valence-electron chi connectivity index (χ1n) is 9.83. The number of rotatable bonds is 3. The summed E-state index contributed by atoms with van der Waals surface area (Å²) in [5.74, 6) is 0.931. The number of piperidine rings is 1. The lowest BCUT2D eigenvalue weighted by Crippen LogP contribution is -2.51. The number of hydrogen-bond donors (Lipinski definition) is 0.